The van der Waals surface area contributed by atoms with E-state index < -0.39 is 5.54 Å². The minimum atomic E-state index is -0.440. The molecule has 0 bridgehead atoms. The number of hydrogen-bond donors (Lipinski definition) is 4. The van der Waals surface area contributed by atoms with E-state index in [1.165, 1.54) is 0 Å². The monoisotopic (exact) mass is 431 g/mol. The first-order chi connectivity index (χ1) is 13.8. The number of benzene rings is 2. The minimum absolute atomic E-state index is 0.0626. The van der Waals surface area contributed by atoms with Crippen molar-refractivity contribution in [3.8, 4) is 0 Å². The molecule has 5 N–H and O–H groups in total. The molecule has 2 aromatic carbocycles. The normalized spacial score (nSPS) is 13.4. The third kappa shape index (κ3) is 5.31. The number of likely N-dealkylation sites (tertiary alicyclic amines) is 1. The summed E-state index contributed by atoms with van der Waals surface area (Å²) in [5.74, 6) is 0. The van der Waals surface area contributed by atoms with Crippen LogP contribution in [0.5, 0.6) is 0 Å². The molecule has 0 spiro atoms. The highest BCUT2D eigenvalue weighted by atomic mass is 35.5. The Morgan fingerprint density at radius 2 is 1.97 bits per heavy atom. The lowest BCUT2D eigenvalue weighted by atomic mass is 9.94. The highest BCUT2D eigenvalue weighted by Gasteiger charge is 2.23. The SMILES string of the molecule is CC(C)(NC(=S)Nc1c(N)cccc1CNC(=O)N1CCC1)c1cccc(Cl)c1. The van der Waals surface area contributed by atoms with Gasteiger partial charge in [-0.2, -0.15) is 0 Å². The molecule has 1 heterocycles. The molecule has 0 aromatic heterocycles. The number of amides is 2. The van der Waals surface area contributed by atoms with E-state index in [9.17, 15) is 4.79 Å². The van der Waals surface area contributed by atoms with Crippen molar-refractivity contribution >= 4 is 46.3 Å². The lowest BCUT2D eigenvalue weighted by Gasteiger charge is -2.31. The second-order valence-corrected chi connectivity index (χ2v) is 8.44. The molecule has 0 radical (unpaired) electrons. The van der Waals surface area contributed by atoms with E-state index in [2.05, 4.69) is 16.0 Å². The Bertz CT molecular complexity index is 914. The van der Waals surface area contributed by atoms with E-state index in [1.807, 2.05) is 50.2 Å². The molecular formula is C21H26ClN5OS. The molecule has 8 heteroatoms. The summed E-state index contributed by atoms with van der Waals surface area (Å²) in [5.41, 5.74) is 8.86. The lowest BCUT2D eigenvalue weighted by molar-refractivity contribution is 0.167. The molecule has 1 saturated heterocycles. The summed E-state index contributed by atoms with van der Waals surface area (Å²) in [6, 6.07) is 13.2. The summed E-state index contributed by atoms with van der Waals surface area (Å²) in [6.45, 7) is 6.02. The molecule has 0 aliphatic carbocycles. The van der Waals surface area contributed by atoms with Gasteiger partial charge in [0.1, 0.15) is 0 Å². The number of hydrogen-bond acceptors (Lipinski definition) is 3. The highest BCUT2D eigenvalue weighted by molar-refractivity contribution is 7.80. The van der Waals surface area contributed by atoms with Crippen molar-refractivity contribution in [2.75, 3.05) is 24.1 Å². The van der Waals surface area contributed by atoms with Crippen molar-refractivity contribution in [1.82, 2.24) is 15.5 Å². The van der Waals surface area contributed by atoms with E-state index in [-0.39, 0.29) is 6.03 Å². The van der Waals surface area contributed by atoms with Crippen LogP contribution in [0.1, 0.15) is 31.4 Å². The van der Waals surface area contributed by atoms with Crippen molar-refractivity contribution < 1.29 is 4.79 Å². The molecule has 1 fully saturated rings. The Morgan fingerprint density at radius 3 is 2.62 bits per heavy atom. The smallest absolute Gasteiger partial charge is 0.317 e. The number of halogens is 1. The average Bonchev–Trinajstić information content (AvgIpc) is 2.60. The van der Waals surface area contributed by atoms with Crippen molar-refractivity contribution in [1.29, 1.82) is 0 Å². The number of nitrogens with one attached hydrogen (secondary N) is 3. The molecule has 0 saturated carbocycles. The summed E-state index contributed by atoms with van der Waals surface area (Å²) in [4.78, 5) is 13.9. The molecule has 29 heavy (non-hydrogen) atoms. The van der Waals surface area contributed by atoms with Gasteiger partial charge in [-0.25, -0.2) is 4.79 Å². The maximum absolute atomic E-state index is 12.1. The van der Waals surface area contributed by atoms with Gasteiger partial charge in [0.05, 0.1) is 16.9 Å². The zero-order valence-electron chi connectivity index (χ0n) is 16.6. The van der Waals surface area contributed by atoms with E-state index >= 15 is 0 Å². The van der Waals surface area contributed by atoms with Crippen LogP contribution in [0.2, 0.25) is 5.02 Å². The van der Waals surface area contributed by atoms with Gasteiger partial charge >= 0.3 is 6.03 Å². The van der Waals surface area contributed by atoms with Gasteiger partial charge in [-0.3, -0.25) is 0 Å². The van der Waals surface area contributed by atoms with Gasteiger partial charge < -0.3 is 26.6 Å². The van der Waals surface area contributed by atoms with Gasteiger partial charge in [0.2, 0.25) is 0 Å². The summed E-state index contributed by atoms with van der Waals surface area (Å²) in [5, 5.41) is 10.6. The molecular weight excluding hydrogens is 406 g/mol. The highest BCUT2D eigenvalue weighted by Crippen LogP contribution is 2.26. The number of rotatable bonds is 5. The van der Waals surface area contributed by atoms with Gasteiger partial charge in [0.15, 0.2) is 5.11 Å². The quantitative estimate of drug-likeness (QED) is 0.424. The third-order valence-corrected chi connectivity index (χ3v) is 5.41. The van der Waals surface area contributed by atoms with Crippen LogP contribution >= 0.6 is 23.8 Å². The first-order valence-corrected chi connectivity index (χ1v) is 10.3. The van der Waals surface area contributed by atoms with Crippen LogP contribution in [0, 0.1) is 0 Å². The van der Waals surface area contributed by atoms with Crippen molar-refractivity contribution in [2.45, 2.75) is 32.4 Å². The van der Waals surface area contributed by atoms with Gasteiger partial charge in [0, 0.05) is 24.7 Å². The minimum Gasteiger partial charge on any atom is -0.397 e. The Hall–Kier alpha value is -2.51. The van der Waals surface area contributed by atoms with Crippen molar-refractivity contribution in [3.05, 3.63) is 58.6 Å². The number of nitrogens with two attached hydrogens (primary N) is 1. The number of nitrogens with zero attached hydrogens (tertiary/aromatic N) is 1. The van der Waals surface area contributed by atoms with E-state index in [0.717, 1.165) is 30.6 Å². The number of urea groups is 1. The van der Waals surface area contributed by atoms with Gasteiger partial charge in [-0.15, -0.1) is 0 Å². The van der Waals surface area contributed by atoms with E-state index in [1.54, 1.807) is 11.0 Å². The molecule has 2 aromatic rings. The zero-order chi connectivity index (χ0) is 21.0. The first kappa shape index (κ1) is 21.2. The fraction of sp³-hybridized carbons (Fsp3) is 0.333. The molecule has 1 aliphatic rings. The summed E-state index contributed by atoms with van der Waals surface area (Å²) in [7, 11) is 0. The maximum atomic E-state index is 12.1. The third-order valence-electron chi connectivity index (χ3n) is 4.97. The van der Waals surface area contributed by atoms with Gasteiger partial charge in [0.25, 0.3) is 0 Å². The fourth-order valence-corrected chi connectivity index (χ4v) is 3.65. The van der Waals surface area contributed by atoms with Crippen LogP contribution in [0.3, 0.4) is 0 Å². The lowest BCUT2D eigenvalue weighted by Crippen LogP contribution is -2.47. The fourth-order valence-electron chi connectivity index (χ4n) is 3.10. The molecule has 6 nitrogen and oxygen atoms in total. The van der Waals surface area contributed by atoms with Crippen LogP contribution < -0.4 is 21.7 Å². The number of thiocarbonyl (C=S) groups is 1. The molecule has 0 atom stereocenters. The molecule has 3 rings (SSSR count). The first-order valence-electron chi connectivity index (χ1n) is 9.51. The Labute approximate surface area is 181 Å². The maximum Gasteiger partial charge on any atom is 0.317 e. The van der Waals surface area contributed by atoms with Crippen LogP contribution in [0.4, 0.5) is 16.2 Å². The standard InChI is InChI=1S/C21H26ClN5OS/c1-21(2,15-7-4-8-16(22)12-15)26-19(29)25-18-14(6-3-9-17(18)23)13-24-20(28)27-10-5-11-27/h3-4,6-9,12H,5,10-11,13,23H2,1-2H3,(H,24,28)(H2,25,26,29). The summed E-state index contributed by atoms with van der Waals surface area (Å²) >= 11 is 11.7. The Morgan fingerprint density at radius 1 is 1.24 bits per heavy atom. The Balaban J connectivity index is 1.68. The number of anilines is 2. The average molecular weight is 432 g/mol. The second kappa shape index (κ2) is 8.88. The van der Waals surface area contributed by atoms with Crippen LogP contribution in [0.25, 0.3) is 0 Å². The Kier molecular flexibility index (Phi) is 6.49. The van der Waals surface area contributed by atoms with Crippen molar-refractivity contribution in [3.63, 3.8) is 0 Å². The van der Waals surface area contributed by atoms with E-state index in [0.29, 0.717) is 28.1 Å². The topological polar surface area (TPSA) is 82.4 Å². The zero-order valence-corrected chi connectivity index (χ0v) is 18.2. The van der Waals surface area contributed by atoms with Crippen LogP contribution in [-0.4, -0.2) is 29.1 Å². The summed E-state index contributed by atoms with van der Waals surface area (Å²) < 4.78 is 0. The molecule has 2 amide bonds. The largest absolute Gasteiger partial charge is 0.397 e. The van der Waals surface area contributed by atoms with Gasteiger partial charge in [-0.1, -0.05) is 35.9 Å². The van der Waals surface area contributed by atoms with Crippen LogP contribution in [-0.2, 0) is 12.1 Å². The predicted octanol–water partition coefficient (Wildman–Crippen LogP) is 4.06. The molecule has 0 unspecified atom stereocenters. The van der Waals surface area contributed by atoms with Gasteiger partial charge in [-0.05, 0) is 61.8 Å². The number of nitrogen functional groups attached to an aromatic ring is 1. The van der Waals surface area contributed by atoms with E-state index in [4.69, 9.17) is 29.6 Å². The molecule has 1 aliphatic heterocycles. The predicted molar refractivity (Wildman–Crippen MR) is 123 cm³/mol. The second-order valence-electron chi connectivity index (χ2n) is 7.60. The number of para-hydroxylation sites is 1. The summed E-state index contributed by atoms with van der Waals surface area (Å²) in [6.07, 6.45) is 1.06. The number of carbonyl (C=O) groups is 1. The number of carbonyl (C=O) groups excluding carboxylic acids is 1. The molecule has 154 valence electrons. The van der Waals surface area contributed by atoms with Crippen molar-refractivity contribution in [2.24, 2.45) is 0 Å². The van der Waals surface area contributed by atoms with Crippen LogP contribution in [0.15, 0.2) is 42.5 Å².